The van der Waals surface area contributed by atoms with Crippen molar-refractivity contribution in [1.29, 1.82) is 0 Å². The maximum atomic E-state index is 13.5. The number of carbonyl (C=O) groups excluding carboxylic acids is 15. The van der Waals surface area contributed by atoms with Crippen LogP contribution in [-0.4, -0.2) is 222 Å². The van der Waals surface area contributed by atoms with Crippen LogP contribution in [0.25, 0.3) is 0 Å². The van der Waals surface area contributed by atoms with Gasteiger partial charge in [-0.15, -0.1) is 0 Å². The van der Waals surface area contributed by atoms with Gasteiger partial charge in [-0.1, -0.05) is 0 Å². The molecular weight excluding hydrogens is 1580 g/mol. The number of carbonyl (C=O) groups is 15. The largest absolute Gasteiger partial charge is 0.356 e. The van der Waals surface area contributed by atoms with Gasteiger partial charge in [0.05, 0.1) is 22.7 Å². The Morgan fingerprint density at radius 2 is 0.529 bits per heavy atom. The summed E-state index contributed by atoms with van der Waals surface area (Å²) in [6.45, 7) is 2.62. The highest BCUT2D eigenvalue weighted by atomic mass is 16.2. The molecule has 47 nitrogen and oxygen atoms in total. The molecule has 638 valence electrons. The van der Waals surface area contributed by atoms with Crippen molar-refractivity contribution < 1.29 is 71.9 Å². The van der Waals surface area contributed by atoms with E-state index in [9.17, 15) is 71.9 Å². The summed E-state index contributed by atoms with van der Waals surface area (Å²) in [5, 5.41) is 39.8. The second-order valence-corrected chi connectivity index (χ2v) is 28.2. The molecule has 0 atom stereocenters. The number of rotatable bonds is 37. The Morgan fingerprint density at radius 1 is 0.264 bits per heavy atom. The van der Waals surface area contributed by atoms with Gasteiger partial charge < -0.3 is 130 Å². The van der Waals surface area contributed by atoms with E-state index in [4.69, 9.17) is 0 Å². The van der Waals surface area contributed by atoms with Gasteiger partial charge in [-0.3, -0.25) is 71.9 Å². The van der Waals surface area contributed by atoms with E-state index in [-0.39, 0.29) is 174 Å². The highest BCUT2D eigenvalue weighted by molar-refractivity contribution is 6.09. The molecule has 0 aliphatic heterocycles. The monoisotopic (exact) mass is 1670 g/mol. The van der Waals surface area contributed by atoms with Crippen molar-refractivity contribution in [3.05, 3.63) is 144 Å². The van der Waals surface area contributed by atoms with Gasteiger partial charge in [-0.25, -0.2) is 29.9 Å². The number of hydrogen-bond acceptors (Lipinski definition) is 22. The van der Waals surface area contributed by atoms with Crippen LogP contribution in [0.2, 0.25) is 0 Å². The lowest BCUT2D eigenvalue weighted by atomic mass is 10.3. The second kappa shape index (κ2) is 38.9. The van der Waals surface area contributed by atoms with Crippen LogP contribution in [0.5, 0.6) is 0 Å². The number of anilines is 10. The van der Waals surface area contributed by atoms with Crippen molar-refractivity contribution in [3.8, 4) is 0 Å². The van der Waals surface area contributed by atoms with E-state index < -0.39 is 76.8 Å². The molecule has 0 spiro atoms. The number of hydrogen-bond donors (Lipinski definition) is 15. The van der Waals surface area contributed by atoms with Gasteiger partial charge in [0.25, 0.3) is 59.1 Å². The summed E-state index contributed by atoms with van der Waals surface area (Å²) >= 11 is 0. The molecule has 0 radical (unpaired) electrons. The van der Waals surface area contributed by atoms with Gasteiger partial charge in [0.15, 0.2) is 34.9 Å². The molecule has 0 saturated heterocycles. The fourth-order valence-electron chi connectivity index (χ4n) is 12.1. The van der Waals surface area contributed by atoms with Gasteiger partial charge in [-0.2, -0.15) is 0 Å². The van der Waals surface area contributed by atoms with Gasteiger partial charge in [-0.05, 0) is 57.7 Å². The zero-order valence-electron chi connectivity index (χ0n) is 68.3. The average molecular weight is 1670 g/mol. The molecule has 10 rings (SSSR count). The van der Waals surface area contributed by atoms with Crippen LogP contribution in [0.3, 0.4) is 0 Å². The number of imidazole rings is 6. The van der Waals surface area contributed by atoms with Crippen LogP contribution < -0.4 is 79.8 Å². The average Bonchev–Trinajstić information content (AvgIpc) is 2.03. The van der Waals surface area contributed by atoms with Crippen molar-refractivity contribution in [2.45, 2.75) is 45.4 Å². The van der Waals surface area contributed by atoms with E-state index in [0.29, 0.717) is 17.9 Å². The van der Waals surface area contributed by atoms with E-state index in [2.05, 4.69) is 110 Å². The molecule has 10 heterocycles. The second-order valence-electron chi connectivity index (χ2n) is 28.2. The lowest BCUT2D eigenvalue weighted by Crippen LogP contribution is -2.32. The molecule has 0 aromatic carbocycles. The Hall–Kier alpha value is -15.6. The third kappa shape index (κ3) is 23.4. The standard InChI is InChI=1S/C74H92N32O15/c1-40(107)80-49-34-103(10)61(86-49)71(118)94-53-38-105(12)63(90-53)73(120)92-51-36-101(8)59(88-51)69(116)78-23-18-57(110)81-41-26-47(99(6)30-41)67(114)83-43-28-45(97(4)32-43)65(112)76-20-14-16-56(109)85-50-35-104(11)62(87-50)72(119)95-54-39-106(13)64(91-54)74(121)93-52-37-102(9)60(89-52)70(117)79-24-19-58(111)82-42-27-48(100(7)31-42)68(115)84-44-29-46(98(5)33-44)66(113)77-22-17-55(108)75-21-15-25-96(2)3/h26-39H,14-25H2,1-13H3,(H,75,108)(H,76,112)(H,77,113)(H,78,116)(H,79,117)(H,80,107)(H,81,110)(H,82,111)(H,83,114)(H,84,115)(H,85,109)(H,92,120)(H,93,121)(H,94,118)(H,95,119). The van der Waals surface area contributed by atoms with Gasteiger partial charge in [0, 0.05) is 198 Å². The molecule has 0 fully saturated rings. The first-order valence-corrected chi connectivity index (χ1v) is 37.4. The SMILES string of the molecule is CC(=O)Nc1cn(C)c(C(=O)Nc2cn(C)c(C(=O)Nc3cn(C)c(C(=O)NCCC(=O)Nc4cc(C(=O)Nc5cc(C(=O)NCCCC(=O)Nc6cn(C)c(C(=O)Nc7cn(C)c(C(=O)Nc8cn(C)c(C(=O)NCCC(=O)Nc9cc(C(=O)Nc%10cc(C(=O)NCCC(=O)NCCCN(C)C)n(C)c%10)n(C)c9)n8)n7)n6)n(C)c5)n(C)c4)n3)n2)n1. The summed E-state index contributed by atoms with van der Waals surface area (Å²) in [5.41, 5.74) is 1.96. The van der Waals surface area contributed by atoms with Crippen molar-refractivity contribution in [3.63, 3.8) is 0 Å². The first kappa shape index (κ1) is 87.8. The Bertz CT molecular complexity index is 5680. The summed E-state index contributed by atoms with van der Waals surface area (Å²) in [4.78, 5) is 222. The summed E-state index contributed by atoms with van der Waals surface area (Å²) in [6, 6.07) is 5.85. The Morgan fingerprint density at radius 3 is 0.860 bits per heavy atom. The zero-order valence-corrected chi connectivity index (χ0v) is 68.3. The summed E-state index contributed by atoms with van der Waals surface area (Å²) in [7, 11) is 19.5. The number of nitrogens with one attached hydrogen (secondary N) is 15. The Kier molecular flexibility index (Phi) is 28.2. The first-order valence-electron chi connectivity index (χ1n) is 37.4. The molecule has 15 N–H and O–H groups in total. The minimum absolute atomic E-state index is 0.00283. The molecule has 10 aromatic rings. The third-order valence-electron chi connectivity index (χ3n) is 17.9. The fourth-order valence-corrected chi connectivity index (χ4v) is 12.1. The molecule has 0 bridgehead atoms. The number of amides is 15. The highest BCUT2D eigenvalue weighted by Crippen LogP contribution is 2.23. The molecule has 0 saturated carbocycles. The first-order chi connectivity index (χ1) is 57.4. The van der Waals surface area contributed by atoms with E-state index in [1.165, 1.54) is 168 Å². The minimum Gasteiger partial charge on any atom is -0.356 e. The van der Waals surface area contributed by atoms with Gasteiger partial charge >= 0.3 is 0 Å². The quantitative estimate of drug-likeness (QED) is 0.0239. The molecule has 0 aliphatic carbocycles. The molecule has 0 aliphatic rings. The predicted molar refractivity (Wildman–Crippen MR) is 437 cm³/mol. The molecule has 47 heteroatoms. The summed E-state index contributed by atoms with van der Waals surface area (Å²) in [5.74, 6) is -8.66. The number of nitrogens with zero attached hydrogens (tertiary/aromatic N) is 17. The van der Waals surface area contributed by atoms with Crippen molar-refractivity contribution in [2.24, 2.45) is 70.5 Å². The maximum Gasteiger partial charge on any atom is 0.292 e. The van der Waals surface area contributed by atoms with Crippen LogP contribution in [0.15, 0.2) is 86.2 Å². The smallest absolute Gasteiger partial charge is 0.292 e. The molecule has 10 aromatic heterocycles. The summed E-state index contributed by atoms with van der Waals surface area (Å²) in [6.07, 6.45) is 15.2. The fraction of sp³-hybridized carbons (Fsp3) is 0.338. The van der Waals surface area contributed by atoms with Crippen LogP contribution >= 0.6 is 0 Å². The zero-order chi connectivity index (χ0) is 87.8. The predicted octanol–water partition coefficient (Wildman–Crippen LogP) is 0.767. The normalized spacial score (nSPS) is 11.0. The third-order valence-corrected chi connectivity index (χ3v) is 17.9. The van der Waals surface area contributed by atoms with E-state index in [0.717, 1.165) is 13.0 Å². The molecule has 121 heavy (non-hydrogen) atoms. The lowest BCUT2D eigenvalue weighted by molar-refractivity contribution is -0.121. The van der Waals surface area contributed by atoms with E-state index >= 15 is 0 Å². The van der Waals surface area contributed by atoms with Crippen molar-refractivity contribution in [2.75, 3.05) is 107 Å². The van der Waals surface area contributed by atoms with E-state index in [1.807, 2.05) is 19.0 Å². The molecule has 0 unspecified atom stereocenters. The molecule has 15 amide bonds. The van der Waals surface area contributed by atoms with Crippen LogP contribution in [0.4, 0.5) is 57.7 Å². The van der Waals surface area contributed by atoms with Gasteiger partial charge in [0.2, 0.25) is 64.5 Å². The van der Waals surface area contributed by atoms with Crippen LogP contribution in [-0.2, 0) is 94.4 Å². The number of aromatic nitrogens is 16. The van der Waals surface area contributed by atoms with E-state index in [1.54, 1.807) is 41.4 Å². The van der Waals surface area contributed by atoms with Gasteiger partial charge in [0.1, 0.15) is 22.8 Å². The van der Waals surface area contributed by atoms with Crippen LogP contribution in [0.1, 0.15) is 151 Å². The maximum absolute atomic E-state index is 13.5. The topological polar surface area (TPSA) is 566 Å². The van der Waals surface area contributed by atoms with Crippen LogP contribution in [0, 0.1) is 0 Å². The van der Waals surface area contributed by atoms with Crippen molar-refractivity contribution in [1.82, 2.24) is 107 Å². The Labute approximate surface area is 688 Å². The lowest BCUT2D eigenvalue weighted by Gasteiger charge is -2.10. The Balaban J connectivity index is 0.594. The minimum atomic E-state index is -0.751. The molecular formula is C74H92N32O15. The highest BCUT2D eigenvalue weighted by Gasteiger charge is 2.27. The number of aryl methyl sites for hydroxylation is 10. The summed E-state index contributed by atoms with van der Waals surface area (Å²) < 4.78 is 14.2. The van der Waals surface area contributed by atoms with Crippen molar-refractivity contribution >= 4 is 146 Å².